The first kappa shape index (κ1) is 47.7. The van der Waals surface area contributed by atoms with Crippen molar-refractivity contribution in [3.63, 3.8) is 0 Å². The van der Waals surface area contributed by atoms with Gasteiger partial charge >= 0.3 is 5.97 Å². The number of carbonyl (C=O) groups excluding carboxylic acids is 3. The number of hydrogen-bond donors (Lipinski definition) is 15. The van der Waals surface area contributed by atoms with Crippen molar-refractivity contribution in [1.29, 1.82) is 0 Å². The summed E-state index contributed by atoms with van der Waals surface area (Å²) in [4.78, 5) is 49.1. The number of carbonyl (C=O) groups is 4. The summed E-state index contributed by atoms with van der Waals surface area (Å²) < 4.78 is 33.5. The fraction of sp³-hybridized carbons (Fsp3) is 0.871. The van der Waals surface area contributed by atoms with E-state index in [0.717, 1.165) is 13.8 Å². The number of amides is 2. The third-order valence-corrected chi connectivity index (χ3v) is 9.49. The topological polar surface area (TPSA) is 411 Å². The highest BCUT2D eigenvalue weighted by Crippen LogP contribution is 2.38. The van der Waals surface area contributed by atoms with E-state index < -0.39 is 166 Å². The van der Waals surface area contributed by atoms with E-state index in [4.69, 9.17) is 28.4 Å². The number of aliphatic hydroxyl groups excluding tert-OH is 12. The standard InChI is InChI=1S/C31H52N2O23/c1-9-18(43)21(46)22(47)28(51-9)53-24(12(5-34)32-10(2)38)25(15(42)7-36)54-29-23(48)27(20(45)16(8-37)52-29)56-31(30(49)50)4-13(40)17(33-11(3)39)26(55-31)19(44)14(41)6-35/h5,9,12-29,35-37,40-48H,4,6-8H2,1-3H3,(H,32,38)(H,33,39)(H,49,50)/t9-,12-,13+,14+,15-,16+,17-,18-,19+,20+,21+,22+,23+,24+,25+,26-,27-,28+,29-,31+/m1/s1. The number of aliphatic hydroxyl groups is 12. The van der Waals surface area contributed by atoms with Gasteiger partial charge in [0.15, 0.2) is 12.6 Å². The Kier molecular flexibility index (Phi) is 17.4. The van der Waals surface area contributed by atoms with Crippen molar-refractivity contribution < 1.29 is 114 Å². The SMILES string of the molecule is CC(=O)N[C@H]1[C@H]([C@@H](O)[C@@H](O)CO)O[C@@](O[C@H]2[C@H](O)[C@@H](O[C@H]([C@@H](O[C@@H]3O[C@H](C)[C@@H](O)[C@H](O)[C@@H]3O)[C@@H](C=O)NC(C)=O)[C@H](O)CO)O[C@@H](CO)[C@@H]2O)(C(=O)O)C[C@@H]1O. The number of rotatable bonds is 18. The average molecular weight is 821 g/mol. The maximum absolute atomic E-state index is 12.8. The van der Waals surface area contributed by atoms with Crippen molar-refractivity contribution in [3.05, 3.63) is 0 Å². The van der Waals surface area contributed by atoms with Crippen LogP contribution in [0.3, 0.4) is 0 Å². The van der Waals surface area contributed by atoms with Gasteiger partial charge in [0.2, 0.25) is 11.8 Å². The molecule has 2 amide bonds. The Bertz CT molecular complexity index is 1320. The van der Waals surface area contributed by atoms with Crippen molar-refractivity contribution in [2.24, 2.45) is 0 Å². The van der Waals surface area contributed by atoms with Gasteiger partial charge in [-0.25, -0.2) is 4.79 Å². The van der Waals surface area contributed by atoms with Gasteiger partial charge in [-0.05, 0) is 6.92 Å². The van der Waals surface area contributed by atoms with E-state index in [2.05, 4.69) is 10.6 Å². The second-order valence-electron chi connectivity index (χ2n) is 13.7. The van der Waals surface area contributed by atoms with Crippen molar-refractivity contribution in [3.8, 4) is 0 Å². The first-order chi connectivity index (χ1) is 26.2. The fourth-order valence-corrected chi connectivity index (χ4v) is 6.49. The summed E-state index contributed by atoms with van der Waals surface area (Å²) in [6.07, 6.45) is -35.3. The predicted octanol–water partition coefficient (Wildman–Crippen LogP) is -9.39. The van der Waals surface area contributed by atoms with E-state index in [0.29, 0.717) is 0 Å². The van der Waals surface area contributed by atoms with Crippen LogP contribution in [0, 0.1) is 0 Å². The molecule has 0 bridgehead atoms. The number of aliphatic carboxylic acids is 1. The van der Waals surface area contributed by atoms with Gasteiger partial charge in [0.05, 0.1) is 38.1 Å². The van der Waals surface area contributed by atoms with Crippen LogP contribution in [0.25, 0.3) is 0 Å². The second kappa shape index (κ2) is 20.4. The molecule has 25 heteroatoms. The molecule has 324 valence electrons. The zero-order valence-electron chi connectivity index (χ0n) is 30.3. The fourth-order valence-electron chi connectivity index (χ4n) is 6.49. The van der Waals surface area contributed by atoms with Gasteiger partial charge in [0.25, 0.3) is 5.79 Å². The molecule has 0 saturated carbocycles. The monoisotopic (exact) mass is 820 g/mol. The first-order valence-electron chi connectivity index (χ1n) is 17.3. The Hall–Kier alpha value is -2.64. The summed E-state index contributed by atoms with van der Waals surface area (Å²) in [5.41, 5.74) is 0. The number of carboxylic acids is 1. The van der Waals surface area contributed by atoms with Crippen LogP contribution in [0.15, 0.2) is 0 Å². The quantitative estimate of drug-likeness (QED) is 0.0571. The average Bonchev–Trinajstić information content (AvgIpc) is 3.15. The summed E-state index contributed by atoms with van der Waals surface area (Å²) in [6, 6.07) is -3.47. The van der Waals surface area contributed by atoms with Crippen molar-refractivity contribution in [1.82, 2.24) is 10.6 Å². The Morgan fingerprint density at radius 1 is 0.821 bits per heavy atom. The molecule has 25 nitrogen and oxygen atoms in total. The minimum Gasteiger partial charge on any atom is -0.477 e. The van der Waals surface area contributed by atoms with Crippen LogP contribution in [-0.4, -0.2) is 232 Å². The molecule has 0 aromatic heterocycles. The molecule has 3 fully saturated rings. The van der Waals surface area contributed by atoms with E-state index in [1.54, 1.807) is 0 Å². The molecular formula is C31H52N2O23. The van der Waals surface area contributed by atoms with Crippen LogP contribution in [0.4, 0.5) is 0 Å². The van der Waals surface area contributed by atoms with Crippen LogP contribution < -0.4 is 10.6 Å². The Labute approximate surface area is 317 Å². The molecule has 15 N–H and O–H groups in total. The molecule has 56 heavy (non-hydrogen) atoms. The summed E-state index contributed by atoms with van der Waals surface area (Å²) in [6.45, 7) is -0.175. The zero-order valence-corrected chi connectivity index (χ0v) is 30.3. The summed E-state index contributed by atoms with van der Waals surface area (Å²) in [7, 11) is 0. The van der Waals surface area contributed by atoms with Crippen molar-refractivity contribution in [2.45, 2.75) is 149 Å². The minimum absolute atomic E-state index is 0.0793. The Morgan fingerprint density at radius 2 is 1.41 bits per heavy atom. The highest BCUT2D eigenvalue weighted by Gasteiger charge is 2.60. The smallest absolute Gasteiger partial charge is 0.364 e. The lowest BCUT2D eigenvalue weighted by Crippen LogP contribution is -2.70. The summed E-state index contributed by atoms with van der Waals surface area (Å²) in [5.74, 6) is -6.89. The van der Waals surface area contributed by atoms with Gasteiger partial charge < -0.3 is 110 Å². The maximum Gasteiger partial charge on any atom is 0.364 e. The highest BCUT2D eigenvalue weighted by molar-refractivity contribution is 5.78. The molecule has 0 radical (unpaired) electrons. The van der Waals surface area contributed by atoms with E-state index in [9.17, 15) is 85.6 Å². The van der Waals surface area contributed by atoms with Crippen LogP contribution in [0.2, 0.25) is 0 Å². The van der Waals surface area contributed by atoms with Gasteiger partial charge in [-0.3, -0.25) is 9.59 Å². The van der Waals surface area contributed by atoms with Gasteiger partial charge in [0.1, 0.15) is 91.7 Å². The molecule has 0 aromatic rings. The van der Waals surface area contributed by atoms with Crippen LogP contribution in [0.5, 0.6) is 0 Å². The summed E-state index contributed by atoms with van der Waals surface area (Å²) >= 11 is 0. The third-order valence-electron chi connectivity index (χ3n) is 9.49. The number of hydrogen-bond acceptors (Lipinski definition) is 22. The molecule has 0 aromatic carbocycles. The normalized spacial score (nSPS) is 39.7. The van der Waals surface area contributed by atoms with Crippen LogP contribution in [-0.2, 0) is 47.6 Å². The van der Waals surface area contributed by atoms with E-state index in [1.807, 2.05) is 0 Å². The Balaban J connectivity index is 2.06. The molecule has 3 heterocycles. The molecule has 0 aliphatic carbocycles. The van der Waals surface area contributed by atoms with Gasteiger partial charge in [-0.1, -0.05) is 0 Å². The third kappa shape index (κ3) is 10.7. The molecule has 0 unspecified atom stereocenters. The van der Waals surface area contributed by atoms with Crippen LogP contribution >= 0.6 is 0 Å². The minimum atomic E-state index is -3.16. The van der Waals surface area contributed by atoms with E-state index in [1.165, 1.54) is 6.92 Å². The molecule has 20 atom stereocenters. The molecule has 3 aliphatic rings. The lowest BCUT2D eigenvalue weighted by Gasteiger charge is -2.50. The predicted molar refractivity (Wildman–Crippen MR) is 174 cm³/mol. The molecule has 0 spiro atoms. The Morgan fingerprint density at radius 3 is 1.93 bits per heavy atom. The zero-order chi connectivity index (χ0) is 42.4. The van der Waals surface area contributed by atoms with E-state index in [-0.39, 0.29) is 6.29 Å². The van der Waals surface area contributed by atoms with Crippen LogP contribution in [0.1, 0.15) is 27.2 Å². The first-order valence-corrected chi connectivity index (χ1v) is 17.3. The molecule has 3 saturated heterocycles. The second-order valence-corrected chi connectivity index (χ2v) is 13.7. The lowest BCUT2D eigenvalue weighted by atomic mass is 9.88. The van der Waals surface area contributed by atoms with Gasteiger partial charge in [-0.15, -0.1) is 0 Å². The number of aldehydes is 1. The lowest BCUT2D eigenvalue weighted by molar-refractivity contribution is -0.380. The van der Waals surface area contributed by atoms with Gasteiger partial charge in [-0.2, -0.15) is 0 Å². The van der Waals surface area contributed by atoms with E-state index >= 15 is 0 Å². The molecular weight excluding hydrogens is 768 g/mol. The maximum atomic E-state index is 12.8. The highest BCUT2D eigenvalue weighted by atomic mass is 16.8. The number of carboxylic acid groups (broad SMARTS) is 1. The van der Waals surface area contributed by atoms with Gasteiger partial charge in [0, 0.05) is 20.3 Å². The number of ether oxygens (including phenoxy) is 6. The van der Waals surface area contributed by atoms with Crippen molar-refractivity contribution >= 4 is 24.1 Å². The molecule has 3 aliphatic heterocycles. The summed E-state index contributed by atoms with van der Waals surface area (Å²) in [5, 5.41) is 141. The molecule has 3 rings (SSSR count). The largest absolute Gasteiger partial charge is 0.477 e. The number of nitrogens with one attached hydrogen (secondary N) is 2. The van der Waals surface area contributed by atoms with Crippen molar-refractivity contribution in [2.75, 3.05) is 19.8 Å².